The van der Waals surface area contributed by atoms with Crippen molar-refractivity contribution in [2.45, 2.75) is 24.5 Å². The van der Waals surface area contributed by atoms with E-state index in [1.54, 1.807) is 0 Å². The second-order valence-corrected chi connectivity index (χ2v) is 9.42. The zero-order chi connectivity index (χ0) is 18.1. The van der Waals surface area contributed by atoms with E-state index in [0.29, 0.717) is 0 Å². The minimum atomic E-state index is -0.120. The van der Waals surface area contributed by atoms with Crippen LogP contribution in [0.1, 0.15) is 0 Å². The highest BCUT2D eigenvalue weighted by Crippen LogP contribution is 2.45. The van der Waals surface area contributed by atoms with Crippen molar-refractivity contribution in [3.63, 3.8) is 0 Å². The Morgan fingerprint density at radius 1 is 0.519 bits per heavy atom. The lowest BCUT2D eigenvalue weighted by Crippen LogP contribution is -2.06. The lowest BCUT2D eigenvalue weighted by molar-refractivity contribution is 1.25. The average molecular weight is 385 g/mol. The van der Waals surface area contributed by atoms with Crippen LogP contribution in [-0.2, 0) is 10.9 Å². The predicted octanol–water partition coefficient (Wildman–Crippen LogP) is 6.99. The Morgan fingerprint density at radius 2 is 1.11 bits per heavy atom. The molecule has 1 aliphatic rings. The number of rotatable bonds is 3. The van der Waals surface area contributed by atoms with Gasteiger partial charge in [-0.1, -0.05) is 60.3 Å². The van der Waals surface area contributed by atoms with Crippen LogP contribution in [0.15, 0.2) is 128 Å². The molecule has 0 atom stereocenters. The van der Waals surface area contributed by atoms with Crippen LogP contribution >= 0.6 is 11.8 Å². The number of hydrogen-bond acceptors (Lipinski definition) is 2. The molecule has 0 unspecified atom stereocenters. The molecule has 1 N–H and O–H groups in total. The molecule has 27 heavy (non-hydrogen) atoms. The van der Waals surface area contributed by atoms with Gasteiger partial charge in [0.2, 0.25) is 0 Å². The van der Waals surface area contributed by atoms with Gasteiger partial charge in [0.05, 0.1) is 22.3 Å². The fraction of sp³-hybridized carbons (Fsp3) is 0. The molecule has 4 aromatic carbocycles. The first-order valence-corrected chi connectivity index (χ1v) is 10.9. The van der Waals surface area contributed by atoms with Gasteiger partial charge in [-0.15, -0.1) is 0 Å². The maximum atomic E-state index is 3.62. The Kier molecular flexibility index (Phi) is 4.40. The second kappa shape index (κ2) is 7.18. The third-order valence-corrected chi connectivity index (χ3v) is 7.89. The molecular weight excluding hydrogens is 366 g/mol. The molecule has 0 saturated carbocycles. The standard InChI is InChI=1S/C24H18NS2/c1-3-9-18(10-4-1)27(19-11-5-2-6-12-19)20-15-16-24-22(17-20)25-21-13-7-8-14-23(21)26-24/h1-17,25H/q+1. The van der Waals surface area contributed by atoms with Gasteiger partial charge < -0.3 is 5.32 Å². The molecule has 0 aromatic heterocycles. The molecule has 0 radical (unpaired) electrons. The van der Waals surface area contributed by atoms with Crippen molar-refractivity contribution in [2.24, 2.45) is 0 Å². The molecule has 1 nitrogen and oxygen atoms in total. The van der Waals surface area contributed by atoms with E-state index >= 15 is 0 Å². The summed E-state index contributed by atoms with van der Waals surface area (Å²) in [5, 5.41) is 3.62. The molecule has 4 aromatic rings. The Bertz CT molecular complexity index is 1040. The van der Waals surface area contributed by atoms with Gasteiger partial charge in [-0.3, -0.25) is 0 Å². The fourth-order valence-corrected chi connectivity index (χ4v) is 6.35. The molecule has 1 aliphatic heterocycles. The molecule has 0 aliphatic carbocycles. The van der Waals surface area contributed by atoms with Crippen molar-refractivity contribution in [1.29, 1.82) is 0 Å². The van der Waals surface area contributed by atoms with Crippen molar-refractivity contribution in [1.82, 2.24) is 0 Å². The van der Waals surface area contributed by atoms with Crippen LogP contribution in [0.4, 0.5) is 11.4 Å². The summed E-state index contributed by atoms with van der Waals surface area (Å²) < 4.78 is 0. The van der Waals surface area contributed by atoms with E-state index in [9.17, 15) is 0 Å². The molecular formula is C24H18NS2+. The SMILES string of the molecule is c1ccc([S+](c2ccccc2)c2ccc3c(c2)Nc2ccccc2S3)cc1. The zero-order valence-corrected chi connectivity index (χ0v) is 16.3. The van der Waals surface area contributed by atoms with E-state index in [1.807, 2.05) is 11.8 Å². The summed E-state index contributed by atoms with van der Waals surface area (Å²) in [5.41, 5.74) is 2.38. The molecule has 0 spiro atoms. The van der Waals surface area contributed by atoms with Crippen molar-refractivity contribution in [3.8, 4) is 0 Å². The first kappa shape index (κ1) is 16.5. The normalized spacial score (nSPS) is 12.2. The van der Waals surface area contributed by atoms with E-state index in [4.69, 9.17) is 0 Å². The molecule has 1 heterocycles. The Morgan fingerprint density at radius 3 is 1.81 bits per heavy atom. The molecule has 0 fully saturated rings. The number of nitrogens with one attached hydrogen (secondary N) is 1. The van der Waals surface area contributed by atoms with Crippen LogP contribution < -0.4 is 5.32 Å². The van der Waals surface area contributed by atoms with E-state index in [0.717, 1.165) is 0 Å². The Balaban J connectivity index is 1.60. The van der Waals surface area contributed by atoms with Gasteiger partial charge in [-0.25, -0.2) is 0 Å². The highest BCUT2D eigenvalue weighted by Gasteiger charge is 2.29. The Labute approximate surface area is 166 Å². The van der Waals surface area contributed by atoms with Crippen LogP contribution in [0, 0.1) is 0 Å². The molecule has 5 rings (SSSR count). The van der Waals surface area contributed by atoms with Crippen molar-refractivity contribution in [2.75, 3.05) is 5.32 Å². The number of hydrogen-bond donors (Lipinski definition) is 1. The summed E-state index contributed by atoms with van der Waals surface area (Å²) in [4.78, 5) is 6.57. The van der Waals surface area contributed by atoms with Crippen LogP contribution in [-0.4, -0.2) is 0 Å². The molecule has 130 valence electrons. The van der Waals surface area contributed by atoms with Crippen LogP contribution in [0.5, 0.6) is 0 Å². The summed E-state index contributed by atoms with van der Waals surface area (Å²) in [6.45, 7) is 0. The van der Waals surface area contributed by atoms with Gasteiger partial charge in [-0.2, -0.15) is 0 Å². The van der Waals surface area contributed by atoms with E-state index in [2.05, 4.69) is 108 Å². The molecule has 0 amide bonds. The van der Waals surface area contributed by atoms with Gasteiger partial charge in [0.15, 0.2) is 14.7 Å². The highest BCUT2D eigenvalue weighted by molar-refractivity contribution is 7.99. The monoisotopic (exact) mass is 384 g/mol. The van der Waals surface area contributed by atoms with Crippen LogP contribution in [0.25, 0.3) is 0 Å². The van der Waals surface area contributed by atoms with Crippen LogP contribution in [0.3, 0.4) is 0 Å². The van der Waals surface area contributed by atoms with Gasteiger partial charge in [0.1, 0.15) is 0 Å². The minimum absolute atomic E-state index is 0.120. The fourth-order valence-electron chi connectivity index (χ4n) is 3.27. The zero-order valence-electron chi connectivity index (χ0n) is 14.6. The van der Waals surface area contributed by atoms with Crippen LogP contribution in [0.2, 0.25) is 0 Å². The first-order chi connectivity index (χ1) is 13.4. The summed E-state index contributed by atoms with van der Waals surface area (Å²) in [5.74, 6) is 0. The lowest BCUT2D eigenvalue weighted by Gasteiger charge is -2.21. The number of benzene rings is 4. The maximum Gasteiger partial charge on any atom is 0.168 e. The number of para-hydroxylation sites is 1. The smallest absolute Gasteiger partial charge is 0.168 e. The van der Waals surface area contributed by atoms with Gasteiger partial charge >= 0.3 is 0 Å². The van der Waals surface area contributed by atoms with Gasteiger partial charge in [0, 0.05) is 15.9 Å². The molecule has 0 saturated heterocycles. The second-order valence-electron chi connectivity index (χ2n) is 6.31. The number of anilines is 2. The quantitative estimate of drug-likeness (QED) is 0.336. The first-order valence-electron chi connectivity index (χ1n) is 8.91. The largest absolute Gasteiger partial charge is 0.354 e. The summed E-state index contributed by atoms with van der Waals surface area (Å²) in [6, 6.07) is 36.9. The van der Waals surface area contributed by atoms with Gasteiger partial charge in [-0.05, 0) is 48.5 Å². The van der Waals surface area contributed by atoms with E-state index in [-0.39, 0.29) is 10.9 Å². The van der Waals surface area contributed by atoms with E-state index in [1.165, 1.54) is 35.9 Å². The summed E-state index contributed by atoms with van der Waals surface area (Å²) >= 11 is 1.84. The molecule has 3 heteroatoms. The molecule has 0 bridgehead atoms. The van der Waals surface area contributed by atoms with E-state index < -0.39 is 0 Å². The van der Waals surface area contributed by atoms with Gasteiger partial charge in [0.25, 0.3) is 0 Å². The van der Waals surface area contributed by atoms with Crippen molar-refractivity contribution < 1.29 is 0 Å². The predicted molar refractivity (Wildman–Crippen MR) is 115 cm³/mol. The van der Waals surface area contributed by atoms with Crippen molar-refractivity contribution in [3.05, 3.63) is 103 Å². The summed E-state index contributed by atoms with van der Waals surface area (Å²) in [6.07, 6.45) is 0. The topological polar surface area (TPSA) is 12.0 Å². The third kappa shape index (κ3) is 3.25. The average Bonchev–Trinajstić information content (AvgIpc) is 2.74. The summed E-state index contributed by atoms with van der Waals surface area (Å²) in [7, 11) is -0.120. The van der Waals surface area contributed by atoms with Crippen molar-refractivity contribution >= 4 is 34.0 Å². The number of fused-ring (bicyclic) bond motifs is 2. The Hall–Kier alpha value is -2.62. The highest BCUT2D eigenvalue weighted by atomic mass is 32.2. The lowest BCUT2D eigenvalue weighted by atomic mass is 10.2. The maximum absolute atomic E-state index is 3.62. The third-order valence-electron chi connectivity index (χ3n) is 4.52. The minimum Gasteiger partial charge on any atom is -0.354 e.